The van der Waals surface area contributed by atoms with E-state index < -0.39 is 11.5 Å². The second kappa shape index (κ2) is 7.37. The van der Waals surface area contributed by atoms with Gasteiger partial charge in [-0.3, -0.25) is 9.59 Å². The van der Waals surface area contributed by atoms with Crippen LogP contribution in [0.5, 0.6) is 0 Å². The zero-order valence-corrected chi connectivity index (χ0v) is 15.7. The van der Waals surface area contributed by atoms with Crippen molar-refractivity contribution in [1.29, 1.82) is 0 Å². The van der Waals surface area contributed by atoms with Crippen molar-refractivity contribution in [1.82, 2.24) is 0 Å². The van der Waals surface area contributed by atoms with Crippen LogP contribution >= 0.6 is 0 Å². The molecule has 1 aliphatic heterocycles. The number of fused-ring (bicyclic) bond motifs is 1. The number of hydrogen-bond donors (Lipinski definition) is 3. The van der Waals surface area contributed by atoms with E-state index in [1.54, 1.807) is 12.1 Å². The molecular weight excluding hydrogens is 354 g/mol. The topological polar surface area (TPSA) is 95.7 Å². The molecule has 2 aromatic rings. The van der Waals surface area contributed by atoms with Gasteiger partial charge in [0.2, 0.25) is 11.8 Å². The lowest BCUT2D eigenvalue weighted by atomic mass is 9.66. The Morgan fingerprint density at radius 3 is 2.54 bits per heavy atom. The van der Waals surface area contributed by atoms with Gasteiger partial charge in [0, 0.05) is 24.5 Å². The molecule has 0 bridgehead atoms. The van der Waals surface area contributed by atoms with Gasteiger partial charge in [-0.05, 0) is 48.6 Å². The maximum absolute atomic E-state index is 12.7. The van der Waals surface area contributed by atoms with Crippen LogP contribution in [0.1, 0.15) is 24.0 Å². The fourth-order valence-electron chi connectivity index (χ4n) is 4.12. The number of para-hydroxylation sites is 1. The SMILES string of the molecule is NCC1(C(=O)Nc2ccc(CC(=O)N3CCc4ccccc43)cc2)CC(O)C1. The summed E-state index contributed by atoms with van der Waals surface area (Å²) >= 11 is 0. The normalized spacial score (nSPS) is 23.1. The number of nitrogens with zero attached hydrogens (tertiary/aromatic N) is 1. The predicted octanol–water partition coefficient (Wildman–Crippen LogP) is 1.86. The number of aliphatic hydroxyl groups is 1. The summed E-state index contributed by atoms with van der Waals surface area (Å²) in [6.07, 6.45) is 1.57. The number of aliphatic hydroxyl groups excluding tert-OH is 1. The molecule has 0 spiro atoms. The van der Waals surface area contributed by atoms with Gasteiger partial charge in [-0.2, -0.15) is 0 Å². The van der Waals surface area contributed by atoms with Crippen LogP contribution in [0.25, 0.3) is 0 Å². The van der Waals surface area contributed by atoms with Gasteiger partial charge in [0.25, 0.3) is 0 Å². The first-order valence-corrected chi connectivity index (χ1v) is 9.67. The molecule has 1 fully saturated rings. The Bertz CT molecular complexity index is 888. The number of nitrogens with two attached hydrogens (primary N) is 1. The van der Waals surface area contributed by atoms with Crippen LogP contribution in [0.2, 0.25) is 0 Å². The van der Waals surface area contributed by atoms with Gasteiger partial charge in [0.1, 0.15) is 0 Å². The van der Waals surface area contributed by atoms with Crippen LogP contribution < -0.4 is 16.0 Å². The molecule has 0 aromatic heterocycles. The van der Waals surface area contributed by atoms with Crippen molar-refractivity contribution in [3.8, 4) is 0 Å². The van der Waals surface area contributed by atoms with Crippen LogP contribution in [-0.4, -0.2) is 36.1 Å². The van der Waals surface area contributed by atoms with Gasteiger partial charge >= 0.3 is 0 Å². The van der Waals surface area contributed by atoms with E-state index in [0.717, 1.165) is 24.2 Å². The van der Waals surface area contributed by atoms with Gasteiger partial charge in [-0.25, -0.2) is 0 Å². The standard InChI is InChI=1S/C22H25N3O3/c23-14-22(12-18(26)13-22)21(28)24-17-7-5-15(6-8-17)11-20(27)25-10-9-16-3-1-2-4-19(16)25/h1-8,18,26H,9-14,23H2,(H,24,28). The third-order valence-corrected chi connectivity index (χ3v) is 5.88. The van der Waals surface area contributed by atoms with Crippen molar-refractivity contribution >= 4 is 23.2 Å². The highest BCUT2D eigenvalue weighted by molar-refractivity contribution is 5.97. The quantitative estimate of drug-likeness (QED) is 0.739. The smallest absolute Gasteiger partial charge is 0.232 e. The fourth-order valence-corrected chi connectivity index (χ4v) is 4.12. The Morgan fingerprint density at radius 2 is 1.86 bits per heavy atom. The number of carbonyl (C=O) groups excluding carboxylic acids is 2. The Labute approximate surface area is 164 Å². The average molecular weight is 379 g/mol. The Balaban J connectivity index is 1.37. The van der Waals surface area contributed by atoms with E-state index in [0.29, 0.717) is 24.9 Å². The highest BCUT2D eigenvalue weighted by Crippen LogP contribution is 2.41. The lowest BCUT2D eigenvalue weighted by Gasteiger charge is -2.42. The van der Waals surface area contributed by atoms with E-state index >= 15 is 0 Å². The molecule has 0 saturated heterocycles. The summed E-state index contributed by atoms with van der Waals surface area (Å²) in [5.74, 6) is -0.0786. The molecular formula is C22H25N3O3. The molecule has 1 saturated carbocycles. The predicted molar refractivity (Wildman–Crippen MR) is 108 cm³/mol. The first kappa shape index (κ1) is 18.7. The Hall–Kier alpha value is -2.70. The van der Waals surface area contributed by atoms with Crippen LogP contribution in [0.3, 0.4) is 0 Å². The number of amides is 2. The maximum Gasteiger partial charge on any atom is 0.232 e. The van der Waals surface area contributed by atoms with Crippen LogP contribution in [0.4, 0.5) is 11.4 Å². The molecule has 0 unspecified atom stereocenters. The second-order valence-corrected chi connectivity index (χ2v) is 7.80. The molecule has 28 heavy (non-hydrogen) atoms. The van der Waals surface area contributed by atoms with Gasteiger partial charge < -0.3 is 21.1 Å². The minimum atomic E-state index is -0.669. The Morgan fingerprint density at radius 1 is 1.14 bits per heavy atom. The minimum Gasteiger partial charge on any atom is -0.393 e. The molecule has 146 valence electrons. The monoisotopic (exact) mass is 379 g/mol. The first-order chi connectivity index (χ1) is 13.5. The fraction of sp³-hybridized carbons (Fsp3) is 0.364. The van der Waals surface area contributed by atoms with Crippen LogP contribution in [0, 0.1) is 5.41 Å². The van der Waals surface area contributed by atoms with Gasteiger partial charge in [0.15, 0.2) is 0 Å². The summed E-state index contributed by atoms with van der Waals surface area (Å²) in [7, 11) is 0. The lowest BCUT2D eigenvalue weighted by Crippen LogP contribution is -2.53. The lowest BCUT2D eigenvalue weighted by molar-refractivity contribution is -0.137. The van der Waals surface area contributed by atoms with Gasteiger partial charge in [0.05, 0.1) is 17.9 Å². The summed E-state index contributed by atoms with van der Waals surface area (Å²) in [5.41, 5.74) is 8.86. The number of hydrogen-bond acceptors (Lipinski definition) is 4. The maximum atomic E-state index is 12.7. The number of nitrogens with one attached hydrogen (secondary N) is 1. The van der Waals surface area contributed by atoms with E-state index in [1.807, 2.05) is 35.2 Å². The third-order valence-electron chi connectivity index (χ3n) is 5.88. The molecule has 6 heteroatoms. The van der Waals surface area contributed by atoms with Crippen molar-refractivity contribution in [2.75, 3.05) is 23.3 Å². The zero-order valence-electron chi connectivity index (χ0n) is 15.7. The summed E-state index contributed by atoms with van der Waals surface area (Å²) in [6, 6.07) is 15.3. The average Bonchev–Trinajstić information content (AvgIpc) is 3.11. The zero-order chi connectivity index (χ0) is 19.7. The molecule has 2 amide bonds. The molecule has 0 radical (unpaired) electrons. The summed E-state index contributed by atoms with van der Waals surface area (Å²) in [6.45, 7) is 0.944. The van der Waals surface area contributed by atoms with Crippen LogP contribution in [0.15, 0.2) is 48.5 Å². The number of carbonyl (C=O) groups is 2. The van der Waals surface area contributed by atoms with Crippen molar-refractivity contribution in [2.24, 2.45) is 11.1 Å². The molecule has 4 rings (SSSR count). The van der Waals surface area contributed by atoms with Crippen LogP contribution in [-0.2, 0) is 22.4 Å². The molecule has 1 aliphatic carbocycles. The second-order valence-electron chi connectivity index (χ2n) is 7.80. The largest absolute Gasteiger partial charge is 0.393 e. The van der Waals surface area contributed by atoms with Crippen molar-refractivity contribution in [2.45, 2.75) is 31.8 Å². The molecule has 0 atom stereocenters. The van der Waals surface area contributed by atoms with E-state index in [4.69, 9.17) is 5.73 Å². The van der Waals surface area contributed by atoms with E-state index in [2.05, 4.69) is 11.4 Å². The molecule has 2 aliphatic rings. The van der Waals surface area contributed by atoms with Crippen molar-refractivity contribution in [3.05, 3.63) is 59.7 Å². The first-order valence-electron chi connectivity index (χ1n) is 9.67. The van der Waals surface area contributed by atoms with E-state index in [1.165, 1.54) is 5.56 Å². The summed E-state index contributed by atoms with van der Waals surface area (Å²) in [4.78, 5) is 27.0. The summed E-state index contributed by atoms with van der Waals surface area (Å²) < 4.78 is 0. The highest BCUT2D eigenvalue weighted by atomic mass is 16.3. The summed E-state index contributed by atoms with van der Waals surface area (Å²) in [5, 5.41) is 12.4. The molecule has 4 N–H and O–H groups in total. The molecule has 6 nitrogen and oxygen atoms in total. The highest BCUT2D eigenvalue weighted by Gasteiger charge is 2.48. The van der Waals surface area contributed by atoms with E-state index in [9.17, 15) is 14.7 Å². The van der Waals surface area contributed by atoms with Gasteiger partial charge in [-0.15, -0.1) is 0 Å². The van der Waals surface area contributed by atoms with Gasteiger partial charge in [-0.1, -0.05) is 30.3 Å². The Kier molecular flexibility index (Phi) is 4.91. The number of anilines is 2. The van der Waals surface area contributed by atoms with Crippen molar-refractivity contribution < 1.29 is 14.7 Å². The molecule has 1 heterocycles. The minimum absolute atomic E-state index is 0.0762. The number of rotatable bonds is 5. The van der Waals surface area contributed by atoms with Crippen molar-refractivity contribution in [3.63, 3.8) is 0 Å². The third kappa shape index (κ3) is 3.41. The number of benzene rings is 2. The molecule has 2 aromatic carbocycles. The van der Waals surface area contributed by atoms with E-state index in [-0.39, 0.29) is 18.4 Å².